The molecule has 0 bridgehead atoms. The van der Waals surface area contributed by atoms with Crippen LogP contribution in [0.2, 0.25) is 10.0 Å². The highest BCUT2D eigenvalue weighted by atomic mass is 35.5. The standard InChI is InChI=1S/C22H21Cl2N4O2/c23-21-3-1-4-22(24)20(21)17-30-26-16-19-7-13-28(14-8-19)10-2-9-27-11-5-18(6-12-27)15-25-29/h1,3-8,11-16H,2,9-10,17H2/q+1/p+1/b26-16+. The van der Waals surface area contributed by atoms with Crippen molar-refractivity contribution >= 4 is 35.6 Å². The first-order chi connectivity index (χ1) is 14.7. The maximum atomic E-state index is 8.54. The van der Waals surface area contributed by atoms with Crippen molar-refractivity contribution in [3.8, 4) is 0 Å². The molecule has 0 unspecified atom stereocenters. The van der Waals surface area contributed by atoms with Crippen LogP contribution in [0.4, 0.5) is 0 Å². The molecule has 30 heavy (non-hydrogen) atoms. The topological polar surface area (TPSA) is 61.9 Å². The molecule has 0 amide bonds. The fourth-order valence-electron chi connectivity index (χ4n) is 2.78. The SMILES string of the molecule is ON=Cc1cc[n+](CCC[n+]2ccc(/C=N/OCc3c(Cl)cccc3Cl)cc2)cc1. The third-order valence-electron chi connectivity index (χ3n) is 4.42. The molecule has 3 aromatic rings. The molecular formula is C22H22Cl2N4O2+2. The second kappa shape index (κ2) is 11.3. The number of benzene rings is 1. The Morgan fingerprint density at radius 3 is 1.90 bits per heavy atom. The molecule has 0 spiro atoms. The minimum absolute atomic E-state index is 0.216. The van der Waals surface area contributed by atoms with E-state index < -0.39 is 0 Å². The average Bonchev–Trinajstić information content (AvgIpc) is 2.75. The molecule has 2 heterocycles. The summed E-state index contributed by atoms with van der Waals surface area (Å²) >= 11 is 12.2. The molecule has 0 radical (unpaired) electrons. The van der Waals surface area contributed by atoms with Crippen LogP contribution >= 0.6 is 23.2 Å². The number of aryl methyl sites for hydroxylation is 2. The van der Waals surface area contributed by atoms with Gasteiger partial charge in [0.25, 0.3) is 0 Å². The largest absolute Gasteiger partial charge is 0.411 e. The van der Waals surface area contributed by atoms with E-state index in [1.54, 1.807) is 24.4 Å². The normalized spacial score (nSPS) is 11.4. The van der Waals surface area contributed by atoms with Crippen molar-refractivity contribution in [2.45, 2.75) is 26.1 Å². The molecule has 3 rings (SSSR count). The van der Waals surface area contributed by atoms with E-state index in [-0.39, 0.29) is 6.61 Å². The van der Waals surface area contributed by atoms with Crippen LogP contribution in [0, 0.1) is 0 Å². The number of nitrogens with zero attached hydrogens (tertiary/aromatic N) is 4. The number of pyridine rings is 2. The van der Waals surface area contributed by atoms with Crippen LogP contribution in [-0.4, -0.2) is 17.6 Å². The molecule has 0 saturated carbocycles. The van der Waals surface area contributed by atoms with Crippen LogP contribution in [0.5, 0.6) is 0 Å². The summed E-state index contributed by atoms with van der Waals surface area (Å²) in [5, 5.41) is 16.7. The van der Waals surface area contributed by atoms with E-state index in [0.717, 1.165) is 36.2 Å². The Kier molecular flexibility index (Phi) is 8.18. The lowest BCUT2D eigenvalue weighted by Gasteiger charge is -2.04. The van der Waals surface area contributed by atoms with Crippen LogP contribution in [0.15, 0.2) is 77.6 Å². The zero-order valence-electron chi connectivity index (χ0n) is 16.2. The first kappa shape index (κ1) is 21.7. The highest BCUT2D eigenvalue weighted by Crippen LogP contribution is 2.24. The second-order valence-electron chi connectivity index (χ2n) is 6.54. The number of aromatic nitrogens is 2. The maximum Gasteiger partial charge on any atom is 0.169 e. The molecule has 8 heteroatoms. The molecule has 0 atom stereocenters. The van der Waals surface area contributed by atoms with Crippen molar-refractivity contribution in [1.82, 2.24) is 0 Å². The Hall–Kier alpha value is -2.96. The molecule has 1 aromatic carbocycles. The highest BCUT2D eigenvalue weighted by Gasteiger charge is 2.06. The van der Waals surface area contributed by atoms with Gasteiger partial charge in [-0.3, -0.25) is 0 Å². The maximum absolute atomic E-state index is 8.54. The van der Waals surface area contributed by atoms with E-state index >= 15 is 0 Å². The number of halogens is 2. The molecule has 0 aliphatic heterocycles. The van der Waals surface area contributed by atoms with Gasteiger partial charge in [-0.1, -0.05) is 39.6 Å². The number of rotatable bonds is 9. The van der Waals surface area contributed by atoms with Gasteiger partial charge in [-0.15, -0.1) is 0 Å². The predicted octanol–water partition coefficient (Wildman–Crippen LogP) is 4.02. The van der Waals surface area contributed by atoms with Gasteiger partial charge in [0.15, 0.2) is 37.9 Å². The average molecular weight is 445 g/mol. The molecule has 0 aliphatic rings. The van der Waals surface area contributed by atoms with Crippen molar-refractivity contribution in [2.24, 2.45) is 10.3 Å². The zero-order chi connectivity index (χ0) is 21.2. The Labute approximate surface area is 185 Å². The molecule has 0 aliphatic carbocycles. The lowest BCUT2D eigenvalue weighted by atomic mass is 10.2. The first-order valence-corrected chi connectivity index (χ1v) is 10.1. The van der Waals surface area contributed by atoms with Gasteiger partial charge in [-0.05, 0) is 12.1 Å². The third kappa shape index (κ3) is 6.54. The van der Waals surface area contributed by atoms with Crippen LogP contribution in [0.25, 0.3) is 0 Å². The van der Waals surface area contributed by atoms with Crippen molar-refractivity contribution < 1.29 is 19.2 Å². The van der Waals surface area contributed by atoms with E-state index in [9.17, 15) is 0 Å². The van der Waals surface area contributed by atoms with Gasteiger partial charge in [0.05, 0.1) is 18.9 Å². The van der Waals surface area contributed by atoms with E-state index in [2.05, 4.69) is 19.4 Å². The quantitative estimate of drug-likeness (QED) is 0.234. The molecule has 0 saturated heterocycles. The Bertz CT molecular complexity index is 986. The van der Waals surface area contributed by atoms with Gasteiger partial charge < -0.3 is 10.0 Å². The lowest BCUT2D eigenvalue weighted by molar-refractivity contribution is -0.726. The molecule has 6 nitrogen and oxygen atoms in total. The summed E-state index contributed by atoms with van der Waals surface area (Å²) in [5.74, 6) is 0. The molecule has 2 aromatic heterocycles. The van der Waals surface area contributed by atoms with Crippen molar-refractivity contribution in [2.75, 3.05) is 0 Å². The number of hydrogen-bond donors (Lipinski definition) is 1. The summed E-state index contributed by atoms with van der Waals surface area (Å²) in [5.41, 5.74) is 2.52. The van der Waals surface area contributed by atoms with Crippen molar-refractivity contribution in [3.05, 3.63) is 94.0 Å². The minimum Gasteiger partial charge on any atom is -0.411 e. The van der Waals surface area contributed by atoms with Gasteiger partial charge in [0, 0.05) is 51.0 Å². The smallest absolute Gasteiger partial charge is 0.169 e. The zero-order valence-corrected chi connectivity index (χ0v) is 17.7. The van der Waals surface area contributed by atoms with Crippen LogP contribution in [0.3, 0.4) is 0 Å². The van der Waals surface area contributed by atoms with Gasteiger partial charge in [0.2, 0.25) is 0 Å². The summed E-state index contributed by atoms with van der Waals surface area (Å²) < 4.78 is 4.22. The number of hydrogen-bond acceptors (Lipinski definition) is 4. The van der Waals surface area contributed by atoms with Gasteiger partial charge in [-0.25, -0.2) is 9.13 Å². The van der Waals surface area contributed by atoms with E-state index in [4.69, 9.17) is 33.2 Å². The lowest BCUT2D eigenvalue weighted by Crippen LogP contribution is -2.38. The Morgan fingerprint density at radius 1 is 0.833 bits per heavy atom. The minimum atomic E-state index is 0.216. The fraction of sp³-hybridized carbons (Fsp3) is 0.182. The second-order valence-corrected chi connectivity index (χ2v) is 7.36. The summed E-state index contributed by atoms with van der Waals surface area (Å²) in [7, 11) is 0. The van der Waals surface area contributed by atoms with Crippen molar-refractivity contribution in [1.29, 1.82) is 0 Å². The predicted molar refractivity (Wildman–Crippen MR) is 116 cm³/mol. The van der Waals surface area contributed by atoms with Gasteiger partial charge >= 0.3 is 0 Å². The highest BCUT2D eigenvalue weighted by molar-refractivity contribution is 6.35. The van der Waals surface area contributed by atoms with Crippen LogP contribution in [0.1, 0.15) is 23.1 Å². The molecular weight excluding hydrogens is 423 g/mol. The van der Waals surface area contributed by atoms with E-state index in [0.29, 0.717) is 10.0 Å². The number of oxime groups is 2. The summed E-state index contributed by atoms with van der Waals surface area (Å²) in [6.45, 7) is 2.00. The Balaban J connectivity index is 1.43. The fourth-order valence-corrected chi connectivity index (χ4v) is 3.29. The Morgan fingerprint density at radius 2 is 1.37 bits per heavy atom. The summed E-state index contributed by atoms with van der Waals surface area (Å²) in [6, 6.07) is 13.1. The third-order valence-corrected chi connectivity index (χ3v) is 5.13. The van der Waals surface area contributed by atoms with Crippen LogP contribution in [-0.2, 0) is 24.5 Å². The van der Waals surface area contributed by atoms with Crippen LogP contribution < -0.4 is 9.13 Å². The molecule has 0 fully saturated rings. The molecule has 154 valence electrons. The molecule has 1 N–H and O–H groups in total. The van der Waals surface area contributed by atoms with Crippen molar-refractivity contribution in [3.63, 3.8) is 0 Å². The first-order valence-electron chi connectivity index (χ1n) is 9.39. The van der Waals surface area contributed by atoms with Gasteiger partial charge in [-0.2, -0.15) is 0 Å². The summed E-state index contributed by atoms with van der Waals surface area (Å²) in [6.07, 6.45) is 12.0. The summed E-state index contributed by atoms with van der Waals surface area (Å²) in [4.78, 5) is 5.32. The van der Waals surface area contributed by atoms with Gasteiger partial charge in [0.1, 0.15) is 6.61 Å². The monoisotopic (exact) mass is 444 g/mol. The van der Waals surface area contributed by atoms with E-state index in [1.807, 2.05) is 49.1 Å². The van der Waals surface area contributed by atoms with E-state index in [1.165, 1.54) is 6.21 Å².